The second kappa shape index (κ2) is 8.77. The van der Waals surface area contributed by atoms with E-state index in [9.17, 15) is 18.4 Å². The van der Waals surface area contributed by atoms with E-state index >= 15 is 0 Å². The molecule has 0 aliphatic rings. The lowest BCUT2D eigenvalue weighted by Gasteiger charge is -2.09. The van der Waals surface area contributed by atoms with Gasteiger partial charge in [-0.25, -0.2) is 24.6 Å². The number of alkyl halides is 3. The highest BCUT2D eigenvalue weighted by molar-refractivity contribution is 5.78. The average molecular weight is 490 g/mol. The van der Waals surface area contributed by atoms with Gasteiger partial charge in [0.2, 0.25) is 5.88 Å². The SMILES string of the molecule is COc1nccc(C#N)c1-c1ncc2cnn(Cc3ccc(-c4nc(C(F)(F)F)cn4C)cc3)c2n1. The van der Waals surface area contributed by atoms with Crippen molar-refractivity contribution in [2.45, 2.75) is 12.7 Å². The molecule has 0 amide bonds. The summed E-state index contributed by atoms with van der Waals surface area (Å²) in [6, 6.07) is 10.7. The molecule has 180 valence electrons. The third-order valence-electron chi connectivity index (χ3n) is 5.54. The number of pyridine rings is 1. The third-order valence-corrected chi connectivity index (χ3v) is 5.54. The van der Waals surface area contributed by atoms with Gasteiger partial charge in [0.15, 0.2) is 17.2 Å². The molecule has 12 heteroatoms. The number of aromatic nitrogens is 7. The van der Waals surface area contributed by atoms with Gasteiger partial charge >= 0.3 is 6.18 Å². The van der Waals surface area contributed by atoms with Gasteiger partial charge in [-0.2, -0.15) is 23.5 Å². The number of fused-ring (bicyclic) bond motifs is 1. The lowest BCUT2D eigenvalue weighted by Crippen LogP contribution is -2.05. The first-order chi connectivity index (χ1) is 17.3. The first-order valence-corrected chi connectivity index (χ1v) is 10.6. The van der Waals surface area contributed by atoms with E-state index in [1.54, 1.807) is 47.4 Å². The number of rotatable bonds is 5. The van der Waals surface area contributed by atoms with Crippen LogP contribution in [0.25, 0.3) is 33.8 Å². The molecule has 0 N–H and O–H groups in total. The Balaban J connectivity index is 1.46. The molecule has 0 saturated heterocycles. The van der Waals surface area contributed by atoms with E-state index in [2.05, 4.69) is 31.1 Å². The molecule has 0 saturated carbocycles. The van der Waals surface area contributed by atoms with Crippen molar-refractivity contribution in [1.82, 2.24) is 34.3 Å². The molecule has 9 nitrogen and oxygen atoms in total. The van der Waals surface area contributed by atoms with Gasteiger partial charge in [-0.3, -0.25) is 0 Å². The van der Waals surface area contributed by atoms with Crippen molar-refractivity contribution in [2.75, 3.05) is 7.11 Å². The smallest absolute Gasteiger partial charge is 0.434 e. The minimum atomic E-state index is -4.51. The highest BCUT2D eigenvalue weighted by Crippen LogP contribution is 2.31. The van der Waals surface area contributed by atoms with E-state index in [-0.39, 0.29) is 17.5 Å². The van der Waals surface area contributed by atoms with E-state index in [0.717, 1.165) is 11.8 Å². The quantitative estimate of drug-likeness (QED) is 0.363. The third kappa shape index (κ3) is 4.11. The molecule has 36 heavy (non-hydrogen) atoms. The van der Waals surface area contributed by atoms with Crippen LogP contribution in [0.3, 0.4) is 0 Å². The molecule has 0 unspecified atom stereocenters. The summed E-state index contributed by atoms with van der Waals surface area (Å²) in [7, 11) is 2.97. The molecular formula is C24H17F3N8O. The van der Waals surface area contributed by atoms with Crippen LogP contribution in [0.5, 0.6) is 5.88 Å². The van der Waals surface area contributed by atoms with Crippen LogP contribution in [0.1, 0.15) is 16.8 Å². The molecule has 0 fully saturated rings. The summed E-state index contributed by atoms with van der Waals surface area (Å²) in [5.74, 6) is 0.726. The van der Waals surface area contributed by atoms with Crippen LogP contribution in [0.15, 0.2) is 55.1 Å². The minimum Gasteiger partial charge on any atom is -0.480 e. The van der Waals surface area contributed by atoms with Crippen LogP contribution in [0.4, 0.5) is 13.2 Å². The maximum absolute atomic E-state index is 13.0. The molecule has 4 heterocycles. The van der Waals surface area contributed by atoms with Crippen LogP contribution in [0, 0.1) is 11.3 Å². The number of methoxy groups -OCH3 is 1. The van der Waals surface area contributed by atoms with Gasteiger partial charge in [0, 0.05) is 31.2 Å². The lowest BCUT2D eigenvalue weighted by molar-refractivity contribution is -0.140. The molecule has 0 spiro atoms. The molecule has 0 aliphatic carbocycles. The van der Waals surface area contributed by atoms with Crippen molar-refractivity contribution in [3.8, 4) is 34.7 Å². The normalized spacial score (nSPS) is 11.6. The van der Waals surface area contributed by atoms with Gasteiger partial charge in [-0.05, 0) is 11.6 Å². The van der Waals surface area contributed by atoms with Crippen molar-refractivity contribution in [1.29, 1.82) is 5.26 Å². The van der Waals surface area contributed by atoms with Gasteiger partial charge in [0.1, 0.15) is 11.9 Å². The standard InChI is InChI=1S/C24H17F3N8O/c1-34-13-18(24(25,26)27)32-21(34)15-5-3-14(4-6-15)12-35-22-17(11-31-35)10-30-20(33-22)19-16(9-28)7-8-29-23(19)36-2/h3-8,10-11,13H,12H2,1-2H3. The Morgan fingerprint density at radius 3 is 2.50 bits per heavy atom. The molecule has 0 atom stereocenters. The highest BCUT2D eigenvalue weighted by Gasteiger charge is 2.34. The number of imidazole rings is 1. The second-order valence-corrected chi connectivity index (χ2v) is 7.88. The Morgan fingerprint density at radius 2 is 1.83 bits per heavy atom. The molecule has 5 rings (SSSR count). The van der Waals surface area contributed by atoms with Gasteiger partial charge < -0.3 is 9.30 Å². The van der Waals surface area contributed by atoms with Gasteiger partial charge in [-0.1, -0.05) is 24.3 Å². The number of benzene rings is 1. The summed E-state index contributed by atoms with van der Waals surface area (Å²) < 4.78 is 47.3. The average Bonchev–Trinajstić information content (AvgIpc) is 3.47. The number of ether oxygens (including phenoxy) is 1. The van der Waals surface area contributed by atoms with E-state index in [1.807, 2.05) is 0 Å². The minimum absolute atomic E-state index is 0.217. The number of halogens is 3. The summed E-state index contributed by atoms with van der Waals surface area (Å²) in [5.41, 5.74) is 1.72. The van der Waals surface area contributed by atoms with Crippen LogP contribution < -0.4 is 4.74 Å². The number of hydrogen-bond donors (Lipinski definition) is 0. The Bertz CT molecular complexity index is 1610. The largest absolute Gasteiger partial charge is 0.480 e. The van der Waals surface area contributed by atoms with Crippen LogP contribution in [-0.2, 0) is 19.8 Å². The number of nitrogens with zero attached hydrogens (tertiary/aromatic N) is 8. The lowest BCUT2D eigenvalue weighted by atomic mass is 10.1. The predicted octanol–water partition coefficient (Wildman–Crippen LogP) is 4.24. The van der Waals surface area contributed by atoms with Crippen LogP contribution in [0.2, 0.25) is 0 Å². The predicted molar refractivity (Wildman–Crippen MR) is 123 cm³/mol. The summed E-state index contributed by atoms with van der Waals surface area (Å²) in [6.45, 7) is 0.351. The molecule has 5 aromatic rings. The first-order valence-electron chi connectivity index (χ1n) is 10.6. The summed E-state index contributed by atoms with van der Waals surface area (Å²) in [5, 5.41) is 14.6. The molecule has 0 radical (unpaired) electrons. The van der Waals surface area contributed by atoms with Crippen LogP contribution >= 0.6 is 0 Å². The molecule has 0 bridgehead atoms. The Kier molecular flexibility index (Phi) is 5.60. The monoisotopic (exact) mass is 490 g/mol. The van der Waals surface area contributed by atoms with Crippen molar-refractivity contribution < 1.29 is 17.9 Å². The van der Waals surface area contributed by atoms with Crippen molar-refractivity contribution in [3.05, 3.63) is 71.9 Å². The number of hydrogen-bond acceptors (Lipinski definition) is 7. The zero-order valence-corrected chi connectivity index (χ0v) is 19.0. The number of aryl methyl sites for hydroxylation is 1. The molecule has 1 aromatic carbocycles. The van der Waals surface area contributed by atoms with Crippen LogP contribution in [-0.4, -0.2) is 41.4 Å². The fourth-order valence-electron chi connectivity index (χ4n) is 3.81. The maximum Gasteiger partial charge on any atom is 0.434 e. The fourth-order valence-corrected chi connectivity index (χ4v) is 3.81. The highest BCUT2D eigenvalue weighted by atomic mass is 19.4. The molecule has 4 aromatic heterocycles. The fraction of sp³-hybridized carbons (Fsp3) is 0.167. The van der Waals surface area contributed by atoms with Gasteiger partial charge in [-0.15, -0.1) is 0 Å². The second-order valence-electron chi connectivity index (χ2n) is 7.88. The first kappa shape index (κ1) is 23.0. The van der Waals surface area contributed by atoms with E-state index in [0.29, 0.717) is 34.3 Å². The maximum atomic E-state index is 13.0. The summed E-state index contributed by atoms with van der Waals surface area (Å²) in [6.07, 6.45) is 1.17. The summed E-state index contributed by atoms with van der Waals surface area (Å²) in [4.78, 5) is 16.9. The van der Waals surface area contributed by atoms with E-state index in [4.69, 9.17) is 4.74 Å². The summed E-state index contributed by atoms with van der Waals surface area (Å²) >= 11 is 0. The Morgan fingerprint density at radius 1 is 1.06 bits per heavy atom. The topological polar surface area (TPSA) is 107 Å². The molecule has 0 aliphatic heterocycles. The van der Waals surface area contributed by atoms with Crippen molar-refractivity contribution >= 4 is 11.0 Å². The van der Waals surface area contributed by atoms with Gasteiger partial charge in [0.25, 0.3) is 0 Å². The zero-order valence-electron chi connectivity index (χ0n) is 19.0. The van der Waals surface area contributed by atoms with Crippen molar-refractivity contribution in [3.63, 3.8) is 0 Å². The number of nitriles is 1. The Labute approximate surface area is 202 Å². The van der Waals surface area contributed by atoms with E-state index in [1.165, 1.54) is 24.9 Å². The zero-order chi connectivity index (χ0) is 25.4. The van der Waals surface area contributed by atoms with E-state index < -0.39 is 11.9 Å². The molecular weight excluding hydrogens is 473 g/mol. The van der Waals surface area contributed by atoms with Gasteiger partial charge in [0.05, 0.1) is 36.4 Å². The Hall–Kier alpha value is -4.79. The van der Waals surface area contributed by atoms with Crippen molar-refractivity contribution in [2.24, 2.45) is 7.05 Å².